The minimum atomic E-state index is -0.614. The van der Waals surface area contributed by atoms with Crippen LogP contribution in [0.3, 0.4) is 0 Å². The largest absolute Gasteiger partial charge is 0.350 e. The molecule has 0 fully saturated rings. The number of hydrogen-bond acceptors (Lipinski definition) is 4. The third-order valence-corrected chi connectivity index (χ3v) is 3.85. The average Bonchev–Trinajstić information content (AvgIpc) is 2.60. The number of amides is 2. The number of nitro benzene ring substituents is 1. The summed E-state index contributed by atoms with van der Waals surface area (Å²) in [6, 6.07) is 7.66. The normalized spacial score (nSPS) is 10.3. The van der Waals surface area contributed by atoms with Crippen molar-refractivity contribution in [3.63, 3.8) is 0 Å². The van der Waals surface area contributed by atoms with Gasteiger partial charge in [0.1, 0.15) is 5.82 Å². The van der Waals surface area contributed by atoms with Gasteiger partial charge in [0.15, 0.2) is 0 Å². The van der Waals surface area contributed by atoms with Crippen molar-refractivity contribution in [2.75, 3.05) is 13.1 Å². The molecule has 0 bridgehead atoms. The molecule has 7 nitrogen and oxygen atoms in total. The SMILES string of the molecule is Cc1ccc(C(=O)NCCNC(=O)c2ccc([N+](=O)[O-])cc2Cl)cc1F. The molecule has 0 atom stereocenters. The van der Waals surface area contributed by atoms with Gasteiger partial charge in [-0.3, -0.25) is 19.7 Å². The van der Waals surface area contributed by atoms with Crippen LogP contribution in [0.2, 0.25) is 5.02 Å². The fraction of sp³-hybridized carbons (Fsp3) is 0.176. The van der Waals surface area contributed by atoms with Crippen LogP contribution in [0.1, 0.15) is 26.3 Å². The fourth-order valence-electron chi connectivity index (χ4n) is 2.09. The summed E-state index contributed by atoms with van der Waals surface area (Å²) >= 11 is 5.87. The summed E-state index contributed by atoms with van der Waals surface area (Å²) in [4.78, 5) is 34.0. The maximum absolute atomic E-state index is 13.4. The first-order valence-electron chi connectivity index (χ1n) is 7.56. The first kappa shape index (κ1) is 19.3. The van der Waals surface area contributed by atoms with E-state index in [9.17, 15) is 24.1 Å². The molecule has 0 aliphatic heterocycles. The van der Waals surface area contributed by atoms with Gasteiger partial charge in [0.2, 0.25) is 0 Å². The molecule has 0 unspecified atom stereocenters. The monoisotopic (exact) mass is 379 g/mol. The zero-order valence-corrected chi connectivity index (χ0v) is 14.5. The standard InChI is InChI=1S/C17H15ClFN3O4/c1-10-2-3-11(8-15(10)19)16(23)20-6-7-21-17(24)13-5-4-12(22(25)26)9-14(13)18/h2-5,8-9H,6-7H2,1H3,(H,20,23)(H,21,24). The molecular formula is C17H15ClFN3O4. The molecule has 26 heavy (non-hydrogen) atoms. The Morgan fingerprint density at radius 3 is 2.35 bits per heavy atom. The Morgan fingerprint density at radius 1 is 1.12 bits per heavy atom. The van der Waals surface area contributed by atoms with Crippen molar-refractivity contribution in [1.29, 1.82) is 0 Å². The molecule has 0 heterocycles. The quantitative estimate of drug-likeness (QED) is 0.457. The van der Waals surface area contributed by atoms with Crippen LogP contribution in [-0.4, -0.2) is 29.8 Å². The number of hydrogen-bond donors (Lipinski definition) is 2. The maximum atomic E-state index is 13.4. The highest BCUT2D eigenvalue weighted by Gasteiger charge is 2.14. The number of nitro groups is 1. The topological polar surface area (TPSA) is 101 Å². The molecule has 136 valence electrons. The zero-order valence-electron chi connectivity index (χ0n) is 13.7. The first-order chi connectivity index (χ1) is 12.3. The van der Waals surface area contributed by atoms with E-state index < -0.39 is 22.6 Å². The molecule has 2 aromatic carbocycles. The van der Waals surface area contributed by atoms with E-state index >= 15 is 0 Å². The van der Waals surface area contributed by atoms with E-state index in [1.807, 2.05) is 0 Å². The van der Waals surface area contributed by atoms with Gasteiger partial charge >= 0.3 is 0 Å². The predicted octanol–water partition coefficient (Wildman–Crippen LogP) is 2.86. The van der Waals surface area contributed by atoms with Crippen LogP contribution >= 0.6 is 11.6 Å². The van der Waals surface area contributed by atoms with Gasteiger partial charge in [0.25, 0.3) is 17.5 Å². The van der Waals surface area contributed by atoms with E-state index in [4.69, 9.17) is 11.6 Å². The molecule has 0 aromatic heterocycles. The van der Waals surface area contributed by atoms with E-state index in [0.717, 1.165) is 12.1 Å². The number of rotatable bonds is 6. The predicted molar refractivity (Wildman–Crippen MR) is 93.9 cm³/mol. The van der Waals surface area contributed by atoms with Crippen molar-refractivity contribution in [2.24, 2.45) is 0 Å². The van der Waals surface area contributed by atoms with Crippen LogP contribution in [0.5, 0.6) is 0 Å². The lowest BCUT2D eigenvalue weighted by atomic mass is 10.1. The molecule has 9 heteroatoms. The Balaban J connectivity index is 1.85. The Hall–Kier alpha value is -3.00. The number of halogens is 2. The second kappa shape index (κ2) is 8.39. The smallest absolute Gasteiger partial charge is 0.270 e. The van der Waals surface area contributed by atoms with E-state index in [1.165, 1.54) is 24.3 Å². The third-order valence-electron chi connectivity index (χ3n) is 3.54. The van der Waals surface area contributed by atoms with Gasteiger partial charge in [-0.1, -0.05) is 17.7 Å². The average molecular weight is 380 g/mol. The zero-order chi connectivity index (χ0) is 19.3. The molecule has 0 radical (unpaired) electrons. The number of carbonyl (C=O) groups is 2. The molecular weight excluding hydrogens is 365 g/mol. The van der Waals surface area contributed by atoms with Gasteiger partial charge in [0.05, 0.1) is 15.5 Å². The van der Waals surface area contributed by atoms with Gasteiger partial charge in [-0.15, -0.1) is 0 Å². The van der Waals surface area contributed by atoms with Crippen LogP contribution in [0.15, 0.2) is 36.4 Å². The lowest BCUT2D eigenvalue weighted by molar-refractivity contribution is -0.384. The van der Waals surface area contributed by atoms with Gasteiger partial charge in [-0.25, -0.2) is 4.39 Å². The molecule has 2 aromatic rings. The molecule has 2 N–H and O–H groups in total. The van der Waals surface area contributed by atoms with Crippen LogP contribution < -0.4 is 10.6 Å². The van der Waals surface area contributed by atoms with Gasteiger partial charge in [-0.05, 0) is 30.7 Å². The van der Waals surface area contributed by atoms with Gasteiger partial charge in [0, 0.05) is 30.8 Å². The molecule has 0 saturated carbocycles. The van der Waals surface area contributed by atoms with E-state index in [2.05, 4.69) is 10.6 Å². The second-order valence-corrected chi connectivity index (χ2v) is 5.80. The molecule has 0 aliphatic carbocycles. The minimum Gasteiger partial charge on any atom is -0.350 e. The van der Waals surface area contributed by atoms with Crippen molar-refractivity contribution < 1.29 is 18.9 Å². The van der Waals surface area contributed by atoms with Crippen molar-refractivity contribution in [3.8, 4) is 0 Å². The molecule has 2 rings (SSSR count). The van der Waals surface area contributed by atoms with Crippen molar-refractivity contribution in [3.05, 3.63) is 74.0 Å². The maximum Gasteiger partial charge on any atom is 0.270 e. The fourth-order valence-corrected chi connectivity index (χ4v) is 2.35. The lowest BCUT2D eigenvalue weighted by Gasteiger charge is -2.08. The van der Waals surface area contributed by atoms with Gasteiger partial charge < -0.3 is 10.6 Å². The highest BCUT2D eigenvalue weighted by Crippen LogP contribution is 2.22. The minimum absolute atomic E-state index is 0.0455. The number of nitrogens with one attached hydrogen (secondary N) is 2. The Bertz CT molecular complexity index is 873. The van der Waals surface area contributed by atoms with E-state index in [0.29, 0.717) is 5.56 Å². The molecule has 0 aliphatic rings. The van der Waals surface area contributed by atoms with Crippen LogP contribution in [-0.2, 0) is 0 Å². The van der Waals surface area contributed by atoms with Crippen LogP contribution in [0.4, 0.5) is 10.1 Å². The number of non-ortho nitro benzene ring substituents is 1. The Labute approximate surface area is 153 Å². The summed E-state index contributed by atoms with van der Waals surface area (Å²) < 4.78 is 13.4. The highest BCUT2D eigenvalue weighted by atomic mass is 35.5. The summed E-state index contributed by atoms with van der Waals surface area (Å²) in [6.07, 6.45) is 0. The van der Waals surface area contributed by atoms with E-state index in [-0.39, 0.29) is 34.9 Å². The first-order valence-corrected chi connectivity index (χ1v) is 7.94. The van der Waals surface area contributed by atoms with E-state index in [1.54, 1.807) is 6.92 Å². The number of nitrogens with zero attached hydrogens (tertiary/aromatic N) is 1. The van der Waals surface area contributed by atoms with Crippen LogP contribution in [0, 0.1) is 22.9 Å². The summed E-state index contributed by atoms with van der Waals surface area (Å²) in [5.74, 6) is -1.47. The van der Waals surface area contributed by atoms with Crippen molar-refractivity contribution in [2.45, 2.75) is 6.92 Å². The summed E-state index contributed by atoms with van der Waals surface area (Å²) in [7, 11) is 0. The Kier molecular flexibility index (Phi) is 6.24. The number of benzene rings is 2. The van der Waals surface area contributed by atoms with Crippen molar-refractivity contribution in [1.82, 2.24) is 10.6 Å². The highest BCUT2D eigenvalue weighted by molar-refractivity contribution is 6.34. The number of carbonyl (C=O) groups excluding carboxylic acids is 2. The summed E-state index contributed by atoms with van der Waals surface area (Å²) in [5.41, 5.74) is 0.486. The van der Waals surface area contributed by atoms with Crippen molar-refractivity contribution >= 4 is 29.1 Å². The lowest BCUT2D eigenvalue weighted by Crippen LogP contribution is -2.34. The third kappa shape index (κ3) is 4.76. The molecule has 2 amide bonds. The molecule has 0 spiro atoms. The summed E-state index contributed by atoms with van der Waals surface area (Å²) in [6.45, 7) is 1.81. The Morgan fingerprint density at radius 2 is 1.77 bits per heavy atom. The number of aryl methyl sites for hydroxylation is 1. The molecule has 0 saturated heterocycles. The van der Waals surface area contributed by atoms with Crippen LogP contribution in [0.25, 0.3) is 0 Å². The second-order valence-electron chi connectivity index (χ2n) is 5.40. The summed E-state index contributed by atoms with van der Waals surface area (Å²) in [5, 5.41) is 15.7. The van der Waals surface area contributed by atoms with Gasteiger partial charge in [-0.2, -0.15) is 0 Å².